The molecule has 4 heterocycles. The molecule has 2 aliphatic heterocycles. The van der Waals surface area contributed by atoms with Gasteiger partial charge < -0.3 is 14.6 Å². The van der Waals surface area contributed by atoms with Gasteiger partial charge in [0.05, 0.1) is 6.20 Å². The van der Waals surface area contributed by atoms with E-state index < -0.39 is 0 Å². The standard InChI is InChI=1S/C17H20N4O3/c1-10(22)19-16-6-12-5-14(18-7-15(12)24-16)17(23)20-13-4-11-2-3-21(8-11)9-13/h5-7,11,13H,2-4,8-9H2,1H3,(H,19,22)(H,20,23)/t11-,13-/m1/s1. The Morgan fingerprint density at radius 3 is 3.00 bits per heavy atom. The minimum atomic E-state index is -0.207. The van der Waals surface area contributed by atoms with Gasteiger partial charge in [0, 0.05) is 37.5 Å². The van der Waals surface area contributed by atoms with Crippen molar-refractivity contribution in [2.75, 3.05) is 25.0 Å². The van der Waals surface area contributed by atoms with Crippen molar-refractivity contribution >= 4 is 28.7 Å². The minimum absolute atomic E-state index is 0.160. The summed E-state index contributed by atoms with van der Waals surface area (Å²) in [6, 6.07) is 3.58. The van der Waals surface area contributed by atoms with Gasteiger partial charge in [-0.2, -0.15) is 0 Å². The third kappa shape index (κ3) is 2.99. The predicted octanol–water partition coefficient (Wildman–Crippen LogP) is 1.61. The molecule has 4 rings (SSSR count). The van der Waals surface area contributed by atoms with Gasteiger partial charge in [0.15, 0.2) is 5.58 Å². The van der Waals surface area contributed by atoms with Crippen molar-refractivity contribution in [3.8, 4) is 0 Å². The summed E-state index contributed by atoms with van der Waals surface area (Å²) in [5.74, 6) is 0.690. The largest absolute Gasteiger partial charge is 0.439 e. The topological polar surface area (TPSA) is 87.5 Å². The van der Waals surface area contributed by atoms with Crippen LogP contribution in [0.3, 0.4) is 0 Å². The lowest BCUT2D eigenvalue weighted by atomic mass is 9.97. The summed E-state index contributed by atoms with van der Waals surface area (Å²) in [6.07, 6.45) is 3.80. The number of anilines is 1. The third-order valence-electron chi connectivity index (χ3n) is 4.74. The molecule has 126 valence electrons. The molecule has 0 aliphatic carbocycles. The quantitative estimate of drug-likeness (QED) is 0.894. The summed E-state index contributed by atoms with van der Waals surface area (Å²) >= 11 is 0. The average Bonchev–Trinajstić information content (AvgIpc) is 3.07. The van der Waals surface area contributed by atoms with E-state index in [1.807, 2.05) is 0 Å². The van der Waals surface area contributed by atoms with Crippen LogP contribution < -0.4 is 10.6 Å². The molecule has 2 fully saturated rings. The molecular weight excluding hydrogens is 308 g/mol. The summed E-state index contributed by atoms with van der Waals surface area (Å²) in [5.41, 5.74) is 0.905. The maximum atomic E-state index is 12.5. The fourth-order valence-electron chi connectivity index (χ4n) is 3.73. The van der Waals surface area contributed by atoms with Gasteiger partial charge in [-0.3, -0.25) is 14.9 Å². The van der Waals surface area contributed by atoms with Crippen LogP contribution in [0.2, 0.25) is 0 Å². The molecule has 2 aliphatic rings. The number of carbonyl (C=O) groups is 2. The number of hydrogen-bond acceptors (Lipinski definition) is 5. The van der Waals surface area contributed by atoms with Crippen LogP contribution in [0.15, 0.2) is 22.7 Å². The van der Waals surface area contributed by atoms with E-state index in [0.717, 1.165) is 31.4 Å². The minimum Gasteiger partial charge on any atom is -0.439 e. The van der Waals surface area contributed by atoms with Crippen molar-refractivity contribution in [3.63, 3.8) is 0 Å². The first-order valence-corrected chi connectivity index (χ1v) is 8.27. The Kier molecular flexibility index (Phi) is 3.72. The van der Waals surface area contributed by atoms with Gasteiger partial charge in [-0.05, 0) is 31.4 Å². The van der Waals surface area contributed by atoms with Crippen LogP contribution >= 0.6 is 0 Å². The van der Waals surface area contributed by atoms with E-state index in [-0.39, 0.29) is 17.9 Å². The first-order valence-electron chi connectivity index (χ1n) is 8.27. The van der Waals surface area contributed by atoms with Crippen LogP contribution in [-0.2, 0) is 4.79 Å². The molecule has 1 unspecified atom stereocenters. The number of fused-ring (bicyclic) bond motifs is 3. The molecule has 7 heteroatoms. The van der Waals surface area contributed by atoms with Crippen LogP contribution in [-0.4, -0.2) is 47.4 Å². The normalized spacial score (nSPS) is 25.6. The van der Waals surface area contributed by atoms with Crippen molar-refractivity contribution in [2.24, 2.45) is 5.92 Å². The van der Waals surface area contributed by atoms with Crippen LogP contribution in [0.5, 0.6) is 0 Å². The van der Waals surface area contributed by atoms with E-state index in [0.29, 0.717) is 23.1 Å². The number of nitrogens with one attached hydrogen (secondary N) is 2. The summed E-state index contributed by atoms with van der Waals surface area (Å²) in [6.45, 7) is 4.64. The molecule has 3 atom stereocenters. The Bertz CT molecular complexity index is 788. The van der Waals surface area contributed by atoms with Gasteiger partial charge in [0.1, 0.15) is 5.69 Å². The zero-order valence-electron chi connectivity index (χ0n) is 13.5. The summed E-state index contributed by atoms with van der Waals surface area (Å²) < 4.78 is 5.47. The molecule has 2 bridgehead atoms. The zero-order chi connectivity index (χ0) is 16.7. The first kappa shape index (κ1) is 15.1. The summed E-state index contributed by atoms with van der Waals surface area (Å²) in [5, 5.41) is 6.42. The van der Waals surface area contributed by atoms with E-state index in [4.69, 9.17) is 4.42 Å². The van der Waals surface area contributed by atoms with E-state index in [9.17, 15) is 9.59 Å². The summed E-state index contributed by atoms with van der Waals surface area (Å²) in [4.78, 5) is 30.2. The highest BCUT2D eigenvalue weighted by Gasteiger charge is 2.33. The molecule has 2 N–H and O–H groups in total. The van der Waals surface area contributed by atoms with Gasteiger partial charge in [0.2, 0.25) is 11.8 Å². The smallest absolute Gasteiger partial charge is 0.270 e. The number of furan rings is 1. The fraction of sp³-hybridized carbons (Fsp3) is 0.471. The molecule has 24 heavy (non-hydrogen) atoms. The van der Waals surface area contributed by atoms with Gasteiger partial charge in [-0.25, -0.2) is 4.98 Å². The Labute approximate surface area is 139 Å². The SMILES string of the molecule is CC(=O)Nc1cc2cc(C(=O)N[C@@H]3C[C@H]4CCN(C4)C3)ncc2o1. The molecule has 0 spiro atoms. The lowest BCUT2D eigenvalue weighted by Gasteiger charge is -2.30. The highest BCUT2D eigenvalue weighted by atomic mass is 16.4. The Hall–Kier alpha value is -2.41. The number of piperidine rings is 1. The number of amides is 2. The van der Waals surface area contributed by atoms with E-state index in [1.165, 1.54) is 19.5 Å². The molecule has 2 aromatic rings. The van der Waals surface area contributed by atoms with Crippen molar-refractivity contribution < 1.29 is 14.0 Å². The fourth-order valence-corrected chi connectivity index (χ4v) is 3.73. The molecule has 2 saturated heterocycles. The van der Waals surface area contributed by atoms with Crippen LogP contribution in [0.25, 0.3) is 11.0 Å². The average molecular weight is 328 g/mol. The van der Waals surface area contributed by atoms with Gasteiger partial charge in [-0.1, -0.05) is 0 Å². The predicted molar refractivity (Wildman–Crippen MR) is 88.7 cm³/mol. The molecular formula is C17H20N4O3. The second-order valence-electron chi connectivity index (χ2n) is 6.72. The monoisotopic (exact) mass is 328 g/mol. The Morgan fingerprint density at radius 2 is 2.21 bits per heavy atom. The van der Waals surface area contributed by atoms with E-state index in [2.05, 4.69) is 20.5 Å². The van der Waals surface area contributed by atoms with Gasteiger partial charge in [0.25, 0.3) is 5.91 Å². The molecule has 7 nitrogen and oxygen atoms in total. The Morgan fingerprint density at radius 1 is 1.33 bits per heavy atom. The number of pyridine rings is 1. The lowest BCUT2D eigenvalue weighted by molar-refractivity contribution is -0.114. The number of carbonyl (C=O) groups excluding carboxylic acids is 2. The highest BCUT2D eigenvalue weighted by molar-refractivity contribution is 5.97. The second kappa shape index (κ2) is 5.90. The van der Waals surface area contributed by atoms with E-state index in [1.54, 1.807) is 12.1 Å². The van der Waals surface area contributed by atoms with Gasteiger partial charge in [-0.15, -0.1) is 0 Å². The zero-order valence-corrected chi connectivity index (χ0v) is 13.5. The Balaban J connectivity index is 1.48. The molecule has 0 radical (unpaired) electrons. The lowest BCUT2D eigenvalue weighted by Crippen LogP contribution is -2.47. The molecule has 2 aromatic heterocycles. The maximum absolute atomic E-state index is 12.5. The van der Waals surface area contributed by atoms with Crippen LogP contribution in [0.1, 0.15) is 30.3 Å². The maximum Gasteiger partial charge on any atom is 0.270 e. The first-order chi connectivity index (χ1) is 11.6. The van der Waals surface area contributed by atoms with Crippen molar-refractivity contribution in [2.45, 2.75) is 25.8 Å². The number of rotatable bonds is 3. The highest BCUT2D eigenvalue weighted by Crippen LogP contribution is 2.27. The summed E-state index contributed by atoms with van der Waals surface area (Å²) in [7, 11) is 0. The molecule has 0 aromatic carbocycles. The third-order valence-corrected chi connectivity index (χ3v) is 4.74. The van der Waals surface area contributed by atoms with Crippen LogP contribution in [0, 0.1) is 5.92 Å². The van der Waals surface area contributed by atoms with Crippen LogP contribution in [0.4, 0.5) is 5.88 Å². The molecule has 0 saturated carbocycles. The molecule has 2 amide bonds. The number of aromatic nitrogens is 1. The number of nitrogens with zero attached hydrogens (tertiary/aromatic N) is 2. The van der Waals surface area contributed by atoms with Gasteiger partial charge >= 0.3 is 0 Å². The van der Waals surface area contributed by atoms with Crippen molar-refractivity contribution in [3.05, 3.63) is 24.0 Å². The van der Waals surface area contributed by atoms with Crippen molar-refractivity contribution in [1.82, 2.24) is 15.2 Å². The number of hydrogen-bond donors (Lipinski definition) is 2. The second-order valence-corrected chi connectivity index (χ2v) is 6.72. The van der Waals surface area contributed by atoms with Crippen molar-refractivity contribution in [1.29, 1.82) is 0 Å². The van der Waals surface area contributed by atoms with E-state index >= 15 is 0 Å².